The van der Waals surface area contributed by atoms with Crippen LogP contribution in [0.25, 0.3) is 0 Å². The molecule has 0 aliphatic rings. The van der Waals surface area contributed by atoms with E-state index in [9.17, 15) is 0 Å². The number of benzene rings is 2. The average Bonchev–Trinajstić information content (AvgIpc) is 2.44. The quantitative estimate of drug-likeness (QED) is 0.640. The normalized spacial score (nSPS) is 12.6. The standard InChI is InChI=1S/C16H14Cl3NO/c1-10(16-14(18)7-12(17)8-15(16)19)20-9-11-3-5-13(21-2)6-4-11/h3-10H,1-2H3/b20-9-. The molecule has 0 aromatic heterocycles. The van der Waals surface area contributed by atoms with Gasteiger partial charge < -0.3 is 4.74 Å². The summed E-state index contributed by atoms with van der Waals surface area (Å²) >= 11 is 18.3. The Kier molecular flexibility index (Phi) is 5.51. The molecule has 1 atom stereocenters. The Morgan fingerprint density at radius 1 is 1.05 bits per heavy atom. The molecule has 2 nitrogen and oxygen atoms in total. The molecule has 1 unspecified atom stereocenters. The Balaban J connectivity index is 2.20. The Hall–Kier alpha value is -1.22. The zero-order valence-electron chi connectivity index (χ0n) is 11.6. The van der Waals surface area contributed by atoms with E-state index < -0.39 is 0 Å². The number of rotatable bonds is 4. The van der Waals surface area contributed by atoms with E-state index in [1.807, 2.05) is 31.2 Å². The van der Waals surface area contributed by atoms with Gasteiger partial charge in [0.05, 0.1) is 13.2 Å². The van der Waals surface area contributed by atoms with Gasteiger partial charge in [-0.2, -0.15) is 0 Å². The van der Waals surface area contributed by atoms with Crippen molar-refractivity contribution in [3.05, 3.63) is 62.6 Å². The highest BCUT2D eigenvalue weighted by atomic mass is 35.5. The molecule has 2 aromatic carbocycles. The van der Waals surface area contributed by atoms with Crippen LogP contribution in [0, 0.1) is 0 Å². The minimum Gasteiger partial charge on any atom is -0.497 e. The number of nitrogens with zero attached hydrogens (tertiary/aromatic N) is 1. The molecule has 110 valence electrons. The van der Waals surface area contributed by atoms with E-state index in [-0.39, 0.29) is 6.04 Å². The predicted molar refractivity (Wildman–Crippen MR) is 90.5 cm³/mol. The Morgan fingerprint density at radius 3 is 2.14 bits per heavy atom. The largest absolute Gasteiger partial charge is 0.497 e. The van der Waals surface area contributed by atoms with Crippen LogP contribution in [0.3, 0.4) is 0 Å². The second-order valence-corrected chi connectivity index (χ2v) is 5.76. The maximum Gasteiger partial charge on any atom is 0.118 e. The summed E-state index contributed by atoms with van der Waals surface area (Å²) in [4.78, 5) is 4.49. The van der Waals surface area contributed by atoms with Gasteiger partial charge in [-0.15, -0.1) is 0 Å². The first-order valence-electron chi connectivity index (χ1n) is 6.33. The van der Waals surface area contributed by atoms with Gasteiger partial charge in [0, 0.05) is 26.8 Å². The first-order valence-corrected chi connectivity index (χ1v) is 7.46. The Bertz CT molecular complexity index is 630. The van der Waals surface area contributed by atoms with Crippen molar-refractivity contribution in [2.45, 2.75) is 13.0 Å². The zero-order valence-corrected chi connectivity index (χ0v) is 13.9. The second-order valence-electron chi connectivity index (χ2n) is 4.51. The van der Waals surface area contributed by atoms with Crippen LogP contribution in [-0.2, 0) is 0 Å². The lowest BCUT2D eigenvalue weighted by Gasteiger charge is -2.12. The topological polar surface area (TPSA) is 21.6 Å². The molecular formula is C16H14Cl3NO. The van der Waals surface area contributed by atoms with Gasteiger partial charge in [0.25, 0.3) is 0 Å². The van der Waals surface area contributed by atoms with Crippen LogP contribution in [0.5, 0.6) is 5.75 Å². The first kappa shape index (κ1) is 16.2. The highest BCUT2D eigenvalue weighted by Crippen LogP contribution is 2.34. The van der Waals surface area contributed by atoms with Crippen LogP contribution in [-0.4, -0.2) is 13.3 Å². The maximum absolute atomic E-state index is 6.19. The molecule has 2 rings (SSSR count). The first-order chi connectivity index (χ1) is 10.0. The van der Waals surface area contributed by atoms with Crippen LogP contribution in [0.4, 0.5) is 0 Å². The number of hydrogen-bond donors (Lipinski definition) is 0. The predicted octanol–water partition coefficient (Wildman–Crippen LogP) is 5.84. The van der Waals surface area contributed by atoms with E-state index in [2.05, 4.69) is 4.99 Å². The smallest absolute Gasteiger partial charge is 0.118 e. The van der Waals surface area contributed by atoms with Crippen LogP contribution < -0.4 is 4.74 Å². The van der Waals surface area contributed by atoms with Crippen LogP contribution in [0.2, 0.25) is 15.1 Å². The van der Waals surface area contributed by atoms with Gasteiger partial charge in [-0.05, 0) is 48.9 Å². The summed E-state index contributed by atoms with van der Waals surface area (Å²) in [7, 11) is 1.63. The fourth-order valence-electron chi connectivity index (χ4n) is 1.91. The van der Waals surface area contributed by atoms with Crippen LogP contribution in [0.15, 0.2) is 41.4 Å². The van der Waals surface area contributed by atoms with Crippen LogP contribution in [0.1, 0.15) is 24.1 Å². The Morgan fingerprint density at radius 2 is 1.62 bits per heavy atom. The minimum atomic E-state index is -0.163. The SMILES string of the molecule is COc1ccc(/C=N\C(C)c2c(Cl)cc(Cl)cc2Cl)cc1. The molecule has 0 saturated carbocycles. The fourth-order valence-corrected chi connectivity index (χ4v) is 3.05. The highest BCUT2D eigenvalue weighted by molar-refractivity contribution is 6.39. The zero-order chi connectivity index (χ0) is 15.4. The van der Waals surface area contributed by atoms with E-state index in [1.165, 1.54) is 0 Å². The number of ether oxygens (including phenoxy) is 1. The third kappa shape index (κ3) is 4.13. The van der Waals surface area contributed by atoms with E-state index in [1.54, 1.807) is 25.5 Å². The lowest BCUT2D eigenvalue weighted by Crippen LogP contribution is -1.94. The number of halogens is 3. The molecule has 0 saturated heterocycles. The van der Waals surface area contributed by atoms with Crippen molar-refractivity contribution in [1.29, 1.82) is 0 Å². The summed E-state index contributed by atoms with van der Waals surface area (Å²) in [6.07, 6.45) is 1.78. The molecule has 0 bridgehead atoms. The van der Waals surface area contributed by atoms with Gasteiger partial charge in [-0.1, -0.05) is 34.8 Å². The van der Waals surface area contributed by atoms with Gasteiger partial charge in [0.2, 0.25) is 0 Å². The molecule has 0 radical (unpaired) electrons. The molecule has 0 spiro atoms. The van der Waals surface area contributed by atoms with Gasteiger partial charge >= 0.3 is 0 Å². The molecule has 0 heterocycles. The highest BCUT2D eigenvalue weighted by Gasteiger charge is 2.13. The van der Waals surface area contributed by atoms with Crippen molar-refractivity contribution in [2.75, 3.05) is 7.11 Å². The summed E-state index contributed by atoms with van der Waals surface area (Å²) in [5, 5.41) is 1.55. The monoisotopic (exact) mass is 341 g/mol. The molecular weight excluding hydrogens is 329 g/mol. The molecule has 0 fully saturated rings. The van der Waals surface area contributed by atoms with E-state index in [0.29, 0.717) is 15.1 Å². The number of hydrogen-bond acceptors (Lipinski definition) is 2. The summed E-state index contributed by atoms with van der Waals surface area (Å²) < 4.78 is 5.11. The van der Waals surface area contributed by atoms with Crippen molar-refractivity contribution < 1.29 is 4.74 Å². The maximum atomic E-state index is 6.19. The lowest BCUT2D eigenvalue weighted by atomic mass is 10.1. The van der Waals surface area contributed by atoms with Gasteiger partial charge in [-0.25, -0.2) is 0 Å². The van der Waals surface area contributed by atoms with Gasteiger partial charge in [0.15, 0.2) is 0 Å². The molecule has 5 heteroatoms. The second kappa shape index (κ2) is 7.17. The molecule has 0 N–H and O–H groups in total. The molecule has 0 amide bonds. The minimum absolute atomic E-state index is 0.163. The lowest BCUT2D eigenvalue weighted by molar-refractivity contribution is 0.415. The third-order valence-electron chi connectivity index (χ3n) is 3.02. The van der Waals surface area contributed by atoms with Crippen molar-refractivity contribution in [2.24, 2.45) is 4.99 Å². The fraction of sp³-hybridized carbons (Fsp3) is 0.188. The Labute approximate surface area is 139 Å². The summed E-state index contributed by atoms with van der Waals surface area (Å²) in [6.45, 7) is 1.93. The van der Waals surface area contributed by atoms with Crippen LogP contribution >= 0.6 is 34.8 Å². The molecule has 0 aliphatic carbocycles. The van der Waals surface area contributed by atoms with Crippen molar-refractivity contribution in [3.8, 4) is 5.75 Å². The van der Waals surface area contributed by atoms with Gasteiger partial charge in [0.1, 0.15) is 5.75 Å². The van der Waals surface area contributed by atoms with Crippen molar-refractivity contribution in [3.63, 3.8) is 0 Å². The summed E-state index contributed by atoms with van der Waals surface area (Å²) in [5.74, 6) is 0.809. The average molecular weight is 343 g/mol. The van der Waals surface area contributed by atoms with E-state index in [0.717, 1.165) is 16.9 Å². The van der Waals surface area contributed by atoms with E-state index >= 15 is 0 Å². The molecule has 0 aliphatic heterocycles. The van der Waals surface area contributed by atoms with Crippen molar-refractivity contribution >= 4 is 41.0 Å². The molecule has 2 aromatic rings. The van der Waals surface area contributed by atoms with Gasteiger partial charge in [-0.3, -0.25) is 4.99 Å². The summed E-state index contributed by atoms with van der Waals surface area (Å²) in [5.41, 5.74) is 1.75. The third-order valence-corrected chi connectivity index (χ3v) is 3.87. The number of methoxy groups -OCH3 is 1. The van der Waals surface area contributed by atoms with Crippen molar-refractivity contribution in [1.82, 2.24) is 0 Å². The number of aliphatic imine (C=N–C) groups is 1. The van der Waals surface area contributed by atoms with E-state index in [4.69, 9.17) is 39.5 Å². The summed E-state index contributed by atoms with van der Waals surface area (Å²) in [6, 6.07) is 10.8. The molecule has 21 heavy (non-hydrogen) atoms.